The second-order valence-electron chi connectivity index (χ2n) is 7.99. The Labute approximate surface area is 165 Å². The Bertz CT molecular complexity index is 776. The lowest BCUT2D eigenvalue weighted by molar-refractivity contribution is -0.140. The Hall–Kier alpha value is -1.69. The lowest BCUT2D eigenvalue weighted by Crippen LogP contribution is -2.54. The molecule has 1 aromatic heterocycles. The monoisotopic (exact) mass is 384 g/mol. The van der Waals surface area contributed by atoms with Gasteiger partial charge in [0.25, 0.3) is 0 Å². The van der Waals surface area contributed by atoms with Crippen LogP contribution in [0.5, 0.6) is 0 Å². The molecule has 4 nitrogen and oxygen atoms in total. The molecule has 0 bridgehead atoms. The first kappa shape index (κ1) is 18.7. The highest BCUT2D eigenvalue weighted by molar-refractivity contribution is 7.15. The third kappa shape index (κ3) is 4.26. The van der Waals surface area contributed by atoms with Gasteiger partial charge in [0.1, 0.15) is 0 Å². The van der Waals surface area contributed by atoms with Gasteiger partial charge in [-0.3, -0.25) is 9.69 Å². The Morgan fingerprint density at radius 3 is 2.74 bits per heavy atom. The summed E-state index contributed by atoms with van der Waals surface area (Å²) in [6.45, 7) is 4.53. The van der Waals surface area contributed by atoms with Crippen molar-refractivity contribution in [2.75, 3.05) is 32.8 Å². The molecule has 1 unspecified atom stereocenters. The molecular formula is C22H28N2O2S. The summed E-state index contributed by atoms with van der Waals surface area (Å²) in [5.41, 5.74) is 1.50. The SMILES string of the molecule is O=C1CCC2(CCCN(Cc3ccc(-c4ccccc4)s3)C2)CN1CCO. The standard InChI is InChI=1S/C22H28N2O2S/c25-14-13-24-17-22(11-9-21(24)26)10-4-12-23(16-22)15-19-7-8-20(27-19)18-5-2-1-3-6-18/h1-3,5-8,25H,4,9-17H2. The van der Waals surface area contributed by atoms with Crippen molar-refractivity contribution in [1.29, 1.82) is 0 Å². The van der Waals surface area contributed by atoms with Gasteiger partial charge in [0.2, 0.25) is 5.91 Å². The molecule has 144 valence electrons. The molecule has 0 radical (unpaired) electrons. The topological polar surface area (TPSA) is 43.8 Å². The van der Waals surface area contributed by atoms with Crippen molar-refractivity contribution in [2.24, 2.45) is 5.41 Å². The number of aliphatic hydroxyl groups is 1. The van der Waals surface area contributed by atoms with Crippen LogP contribution in [0.25, 0.3) is 10.4 Å². The summed E-state index contributed by atoms with van der Waals surface area (Å²) >= 11 is 1.88. The van der Waals surface area contributed by atoms with E-state index in [1.54, 1.807) is 0 Å². The van der Waals surface area contributed by atoms with Gasteiger partial charge in [-0.25, -0.2) is 0 Å². The molecule has 1 atom stereocenters. The fourth-order valence-electron chi connectivity index (χ4n) is 4.65. The van der Waals surface area contributed by atoms with Crippen molar-refractivity contribution in [3.05, 3.63) is 47.3 Å². The number of carbonyl (C=O) groups is 1. The molecule has 2 aliphatic rings. The van der Waals surface area contributed by atoms with Crippen LogP contribution >= 0.6 is 11.3 Å². The average molecular weight is 385 g/mol. The van der Waals surface area contributed by atoms with Gasteiger partial charge >= 0.3 is 0 Å². The minimum absolute atomic E-state index is 0.0585. The smallest absolute Gasteiger partial charge is 0.222 e. The molecule has 2 aromatic rings. The number of nitrogens with zero attached hydrogens (tertiary/aromatic N) is 2. The van der Waals surface area contributed by atoms with Crippen molar-refractivity contribution in [2.45, 2.75) is 32.2 Å². The van der Waals surface area contributed by atoms with E-state index in [4.69, 9.17) is 0 Å². The molecule has 1 aromatic carbocycles. The molecule has 1 amide bonds. The Morgan fingerprint density at radius 2 is 1.93 bits per heavy atom. The summed E-state index contributed by atoms with van der Waals surface area (Å²) < 4.78 is 0. The third-order valence-corrected chi connectivity index (χ3v) is 7.08. The average Bonchev–Trinajstić information content (AvgIpc) is 3.15. The lowest BCUT2D eigenvalue weighted by atomic mass is 9.73. The number of amides is 1. The summed E-state index contributed by atoms with van der Waals surface area (Å²) in [5, 5.41) is 9.26. The maximum Gasteiger partial charge on any atom is 0.222 e. The predicted molar refractivity (Wildman–Crippen MR) is 110 cm³/mol. The van der Waals surface area contributed by atoms with Crippen molar-refractivity contribution in [1.82, 2.24) is 9.80 Å². The van der Waals surface area contributed by atoms with E-state index in [1.807, 2.05) is 16.2 Å². The van der Waals surface area contributed by atoms with Crippen LogP contribution in [-0.4, -0.2) is 53.6 Å². The van der Waals surface area contributed by atoms with Gasteiger partial charge in [-0.1, -0.05) is 30.3 Å². The number of carbonyl (C=O) groups excluding carboxylic acids is 1. The van der Waals surface area contributed by atoms with Crippen molar-refractivity contribution >= 4 is 17.2 Å². The van der Waals surface area contributed by atoms with Crippen LogP contribution in [0.2, 0.25) is 0 Å². The molecular weight excluding hydrogens is 356 g/mol. The fourth-order valence-corrected chi connectivity index (χ4v) is 5.70. The molecule has 2 fully saturated rings. The van der Waals surface area contributed by atoms with Crippen molar-refractivity contribution in [3.8, 4) is 10.4 Å². The number of benzene rings is 1. The number of hydrogen-bond donors (Lipinski definition) is 1. The van der Waals surface area contributed by atoms with Crippen LogP contribution in [0.15, 0.2) is 42.5 Å². The van der Waals surface area contributed by atoms with E-state index in [1.165, 1.54) is 28.2 Å². The summed E-state index contributed by atoms with van der Waals surface area (Å²) in [6, 6.07) is 15.1. The van der Waals surface area contributed by atoms with E-state index in [0.717, 1.165) is 32.6 Å². The maximum absolute atomic E-state index is 12.1. The summed E-state index contributed by atoms with van der Waals surface area (Å²) in [7, 11) is 0. The van der Waals surface area contributed by atoms with E-state index in [9.17, 15) is 9.90 Å². The highest BCUT2D eigenvalue weighted by Crippen LogP contribution is 2.39. The molecule has 0 saturated carbocycles. The largest absolute Gasteiger partial charge is 0.395 e. The van der Waals surface area contributed by atoms with Gasteiger partial charge in [-0.15, -0.1) is 11.3 Å². The minimum atomic E-state index is 0.0585. The van der Waals surface area contributed by atoms with Crippen LogP contribution in [0.3, 0.4) is 0 Å². The highest BCUT2D eigenvalue weighted by Gasteiger charge is 2.41. The van der Waals surface area contributed by atoms with Crippen LogP contribution < -0.4 is 0 Å². The first-order chi connectivity index (χ1) is 13.2. The van der Waals surface area contributed by atoms with E-state index >= 15 is 0 Å². The van der Waals surface area contributed by atoms with E-state index < -0.39 is 0 Å². The van der Waals surface area contributed by atoms with Gasteiger partial charge in [-0.2, -0.15) is 0 Å². The Kier molecular flexibility index (Phi) is 5.62. The quantitative estimate of drug-likeness (QED) is 0.856. The van der Waals surface area contributed by atoms with Gasteiger partial charge in [0, 0.05) is 47.8 Å². The van der Waals surface area contributed by atoms with Crippen molar-refractivity contribution < 1.29 is 9.90 Å². The van der Waals surface area contributed by atoms with Gasteiger partial charge in [0.15, 0.2) is 0 Å². The minimum Gasteiger partial charge on any atom is -0.395 e. The number of piperidine rings is 2. The Morgan fingerprint density at radius 1 is 1.07 bits per heavy atom. The predicted octanol–water partition coefficient (Wildman–Crippen LogP) is 3.61. The molecule has 1 N–H and O–H groups in total. The summed E-state index contributed by atoms with van der Waals surface area (Å²) in [6.07, 6.45) is 4.01. The molecule has 2 aliphatic heterocycles. The first-order valence-electron chi connectivity index (χ1n) is 9.93. The van der Waals surface area contributed by atoms with Crippen LogP contribution in [-0.2, 0) is 11.3 Å². The molecule has 27 heavy (non-hydrogen) atoms. The molecule has 5 heteroatoms. The van der Waals surface area contributed by atoms with Crippen molar-refractivity contribution in [3.63, 3.8) is 0 Å². The van der Waals surface area contributed by atoms with E-state index in [-0.39, 0.29) is 17.9 Å². The van der Waals surface area contributed by atoms with Crippen LogP contribution in [0, 0.1) is 5.41 Å². The van der Waals surface area contributed by atoms with Gasteiger partial charge in [0.05, 0.1) is 6.61 Å². The van der Waals surface area contributed by atoms with Crippen LogP contribution in [0.4, 0.5) is 0 Å². The number of rotatable bonds is 5. The zero-order chi connectivity index (χ0) is 18.7. The molecule has 3 heterocycles. The number of β-amino-alcohol motifs (C(OH)–C–C–N with tert-alkyl or cyclic N) is 1. The second kappa shape index (κ2) is 8.13. The molecule has 0 aliphatic carbocycles. The third-order valence-electron chi connectivity index (χ3n) is 5.96. The van der Waals surface area contributed by atoms with Gasteiger partial charge in [-0.05, 0) is 43.5 Å². The maximum atomic E-state index is 12.1. The normalized spacial score (nSPS) is 23.9. The number of likely N-dealkylation sites (tertiary alicyclic amines) is 2. The highest BCUT2D eigenvalue weighted by atomic mass is 32.1. The number of aliphatic hydroxyl groups excluding tert-OH is 1. The first-order valence-corrected chi connectivity index (χ1v) is 10.7. The fraction of sp³-hybridized carbons (Fsp3) is 0.500. The van der Waals surface area contributed by atoms with Gasteiger partial charge < -0.3 is 10.0 Å². The zero-order valence-corrected chi connectivity index (χ0v) is 16.6. The zero-order valence-electron chi connectivity index (χ0n) is 15.8. The van der Waals surface area contributed by atoms with E-state index in [0.29, 0.717) is 13.0 Å². The summed E-state index contributed by atoms with van der Waals surface area (Å²) in [5.74, 6) is 0.206. The Balaban J connectivity index is 1.42. The number of hydrogen-bond acceptors (Lipinski definition) is 4. The molecule has 1 spiro atoms. The number of thiophene rings is 1. The lowest BCUT2D eigenvalue weighted by Gasteiger charge is -2.48. The summed E-state index contributed by atoms with van der Waals surface area (Å²) in [4.78, 5) is 19.3. The second-order valence-corrected chi connectivity index (χ2v) is 9.15. The molecule has 4 rings (SSSR count). The van der Waals surface area contributed by atoms with E-state index in [2.05, 4.69) is 47.4 Å². The molecule has 2 saturated heterocycles. The van der Waals surface area contributed by atoms with Crippen LogP contribution in [0.1, 0.15) is 30.6 Å².